The number of rotatable bonds is 6. The van der Waals surface area contributed by atoms with Crippen LogP contribution < -0.4 is 0 Å². The van der Waals surface area contributed by atoms with E-state index in [1.54, 1.807) is 60.7 Å². The van der Waals surface area contributed by atoms with Crippen LogP contribution in [-0.4, -0.2) is 19.8 Å². The molecule has 4 rings (SSSR count). The van der Waals surface area contributed by atoms with Crippen LogP contribution in [0.2, 0.25) is 0 Å². The highest BCUT2D eigenvalue weighted by molar-refractivity contribution is 6.40. The summed E-state index contributed by atoms with van der Waals surface area (Å²) in [5.74, 6) is -2.81. The normalized spacial score (nSPS) is 27.9. The van der Waals surface area contributed by atoms with E-state index in [0.717, 1.165) is 12.2 Å². The molecule has 0 aromatic heterocycles. The van der Waals surface area contributed by atoms with Crippen molar-refractivity contribution < 1.29 is 14.6 Å². The first-order valence-electron chi connectivity index (χ1n) is 10.4. The van der Waals surface area contributed by atoms with Gasteiger partial charge in [-0.1, -0.05) is 107 Å². The van der Waals surface area contributed by atoms with Crippen LogP contribution in [0, 0.1) is 20.2 Å². The third kappa shape index (κ3) is 4.85. The highest BCUT2D eigenvalue weighted by Crippen LogP contribution is 2.54. The van der Waals surface area contributed by atoms with Gasteiger partial charge in [-0.3, -0.25) is 20.2 Å². The van der Waals surface area contributed by atoms with Crippen LogP contribution in [0.5, 0.6) is 0 Å². The van der Waals surface area contributed by atoms with Crippen molar-refractivity contribution in [1.82, 2.24) is 0 Å². The van der Waals surface area contributed by atoms with E-state index in [4.69, 9.17) is 74.3 Å². The van der Waals surface area contributed by atoms with Crippen LogP contribution in [0.3, 0.4) is 0 Å². The van der Waals surface area contributed by atoms with Crippen molar-refractivity contribution in [3.8, 4) is 0 Å². The number of nitro groups is 2. The van der Waals surface area contributed by atoms with Gasteiger partial charge >= 0.3 is 10.00 Å². The number of allylic oxidation sites excluding steroid dienone is 2. The fourth-order valence-corrected chi connectivity index (χ4v) is 6.65. The predicted octanol–water partition coefficient (Wildman–Crippen LogP) is 8.17. The molecule has 2 aromatic carbocycles. The summed E-state index contributed by atoms with van der Waals surface area (Å²) in [6.07, 6.45) is 2.00. The van der Waals surface area contributed by atoms with E-state index in [1.807, 2.05) is 0 Å². The minimum atomic E-state index is -2.23. The van der Waals surface area contributed by atoms with Crippen molar-refractivity contribution in [2.75, 3.05) is 0 Å². The molecule has 0 saturated carbocycles. The molecule has 0 radical (unpaired) electrons. The highest BCUT2D eigenvalue weighted by Gasteiger charge is 2.56. The van der Waals surface area contributed by atoms with Crippen LogP contribution in [0.1, 0.15) is 23.0 Å². The lowest BCUT2D eigenvalue weighted by Crippen LogP contribution is -2.40. The molecule has 192 valence electrons. The molecule has 2 aliphatic carbocycles. The fourth-order valence-electron chi connectivity index (χ4n) is 4.16. The van der Waals surface area contributed by atoms with Crippen LogP contribution in [-0.2, 0) is 4.74 Å². The van der Waals surface area contributed by atoms with E-state index in [0.29, 0.717) is 11.1 Å². The molecule has 0 heterocycles. The van der Waals surface area contributed by atoms with Gasteiger partial charge in [-0.25, -0.2) is 0 Å². The van der Waals surface area contributed by atoms with Crippen LogP contribution in [0.15, 0.2) is 104 Å². The Labute approximate surface area is 240 Å². The van der Waals surface area contributed by atoms with E-state index in [1.165, 1.54) is 0 Å². The van der Waals surface area contributed by atoms with E-state index < -0.39 is 31.7 Å². The van der Waals surface area contributed by atoms with E-state index in [-0.39, 0.29) is 31.6 Å². The number of nitrogens with zero attached hydrogens (tertiary/aromatic N) is 2. The number of ether oxygens (including phenoxy) is 1. The second kappa shape index (κ2) is 10.5. The number of hydrogen-bond donors (Lipinski definition) is 0. The van der Waals surface area contributed by atoms with E-state index >= 15 is 0 Å². The van der Waals surface area contributed by atoms with Crippen molar-refractivity contribution in [3.05, 3.63) is 136 Å². The molecule has 0 N–H and O–H groups in total. The standard InChI is InChI=1S/C24H14Cl6N2O5/c25-15-11-23(29,31(33)34)17(13-7-3-1-4-8-13)19(27)21(15)37-22-16(26)12-24(30,32(35)36)18(20(22)28)14-9-5-2-6-10-14/h1-12,17-18H. The average molecular weight is 623 g/mol. The molecular weight excluding hydrogens is 609 g/mol. The summed E-state index contributed by atoms with van der Waals surface area (Å²) in [5, 5.41) is 23.0. The smallest absolute Gasteiger partial charge is 0.327 e. The lowest BCUT2D eigenvalue weighted by Gasteiger charge is -2.33. The van der Waals surface area contributed by atoms with Gasteiger partial charge < -0.3 is 4.74 Å². The van der Waals surface area contributed by atoms with Crippen molar-refractivity contribution >= 4 is 69.6 Å². The Bertz CT molecular complexity index is 1290. The second-order valence-corrected chi connectivity index (χ2v) is 10.9. The lowest BCUT2D eigenvalue weighted by atomic mass is 9.86. The van der Waals surface area contributed by atoms with Gasteiger partial charge in [-0.15, -0.1) is 0 Å². The quantitative estimate of drug-likeness (QED) is 0.140. The van der Waals surface area contributed by atoms with Crippen molar-refractivity contribution in [2.24, 2.45) is 0 Å². The first-order valence-corrected chi connectivity index (χ1v) is 12.7. The largest absolute Gasteiger partial charge is 0.452 e. The fraction of sp³-hybridized carbons (Fsp3) is 0.167. The average Bonchev–Trinajstić information content (AvgIpc) is 2.84. The highest BCUT2D eigenvalue weighted by atomic mass is 35.5. The van der Waals surface area contributed by atoms with E-state index in [9.17, 15) is 20.2 Å². The summed E-state index contributed by atoms with van der Waals surface area (Å²) in [5.41, 5.74) is 0.836. The first-order chi connectivity index (χ1) is 17.4. The predicted molar refractivity (Wildman–Crippen MR) is 144 cm³/mol. The molecular formula is C24H14Cl6N2O5. The number of halogens is 6. The summed E-state index contributed by atoms with van der Waals surface area (Å²) in [7, 11) is 0. The Morgan fingerprint density at radius 1 is 0.649 bits per heavy atom. The zero-order valence-corrected chi connectivity index (χ0v) is 22.8. The van der Waals surface area contributed by atoms with Gasteiger partial charge in [-0.2, -0.15) is 0 Å². The Morgan fingerprint density at radius 2 is 0.973 bits per heavy atom. The molecule has 0 bridgehead atoms. The summed E-state index contributed by atoms with van der Waals surface area (Å²) in [4.78, 5) is 18.1. The summed E-state index contributed by atoms with van der Waals surface area (Å²) in [6.45, 7) is 0. The Balaban J connectivity index is 1.87. The molecule has 4 unspecified atom stereocenters. The number of hydrogen-bond acceptors (Lipinski definition) is 5. The second-order valence-electron chi connectivity index (χ2n) is 8.10. The zero-order chi connectivity index (χ0) is 27.1. The van der Waals surface area contributed by atoms with Gasteiger partial charge in [0.2, 0.25) is 0 Å². The maximum atomic E-state index is 12.0. The third-order valence-electron chi connectivity index (χ3n) is 5.87. The van der Waals surface area contributed by atoms with Crippen molar-refractivity contribution in [2.45, 2.75) is 21.8 Å². The van der Waals surface area contributed by atoms with Gasteiger partial charge in [0, 0.05) is 22.0 Å². The van der Waals surface area contributed by atoms with E-state index in [2.05, 4.69) is 0 Å². The Morgan fingerprint density at radius 3 is 1.27 bits per heavy atom. The SMILES string of the molecule is O=[N+]([O-])C1(Cl)C=C(Cl)C(OC2=C(Cl)C(c3ccccc3)C(Cl)([N+](=O)[O-])C=C2Cl)=C(Cl)C1c1ccccc1. The molecule has 0 aliphatic heterocycles. The molecule has 0 spiro atoms. The minimum absolute atomic E-state index is 0.194. The van der Waals surface area contributed by atoms with Gasteiger partial charge in [-0.05, 0) is 34.3 Å². The minimum Gasteiger partial charge on any atom is -0.452 e. The first kappa shape index (κ1) is 27.8. The van der Waals surface area contributed by atoms with Crippen molar-refractivity contribution in [3.63, 3.8) is 0 Å². The van der Waals surface area contributed by atoms with Crippen LogP contribution in [0.4, 0.5) is 0 Å². The lowest BCUT2D eigenvalue weighted by molar-refractivity contribution is -0.531. The summed E-state index contributed by atoms with van der Waals surface area (Å²) < 4.78 is 5.96. The van der Waals surface area contributed by atoms with Crippen LogP contribution in [0.25, 0.3) is 0 Å². The topological polar surface area (TPSA) is 95.5 Å². The van der Waals surface area contributed by atoms with Crippen LogP contribution >= 0.6 is 69.6 Å². The monoisotopic (exact) mass is 620 g/mol. The summed E-state index contributed by atoms with van der Waals surface area (Å²) >= 11 is 38.9. The number of benzene rings is 2. The Hall–Kier alpha value is -2.26. The maximum absolute atomic E-state index is 12.0. The van der Waals surface area contributed by atoms with Gasteiger partial charge in [0.25, 0.3) is 0 Å². The maximum Gasteiger partial charge on any atom is 0.327 e. The molecule has 2 aromatic rings. The van der Waals surface area contributed by atoms with Gasteiger partial charge in [0.05, 0.1) is 20.1 Å². The van der Waals surface area contributed by atoms with Crippen molar-refractivity contribution in [1.29, 1.82) is 0 Å². The summed E-state index contributed by atoms with van der Waals surface area (Å²) in [6, 6.07) is 16.6. The van der Waals surface area contributed by atoms with Gasteiger partial charge in [0.15, 0.2) is 11.5 Å². The zero-order valence-electron chi connectivity index (χ0n) is 18.3. The van der Waals surface area contributed by atoms with Gasteiger partial charge in [0.1, 0.15) is 11.8 Å². The Kier molecular flexibility index (Phi) is 7.87. The molecule has 0 fully saturated rings. The molecule has 0 amide bonds. The molecule has 13 heteroatoms. The molecule has 4 atom stereocenters. The number of alkyl halides is 2. The molecule has 2 aliphatic rings. The molecule has 37 heavy (non-hydrogen) atoms. The molecule has 7 nitrogen and oxygen atoms in total. The third-order valence-corrected chi connectivity index (χ3v) is 8.14. The molecule has 0 saturated heterocycles.